The SMILES string of the molecule is CCCNS(=O)(=O)c1ccc(NC(=O)c2[nH]c3c(c2C)C(=O)CCC3)cc1. The lowest BCUT2D eigenvalue weighted by atomic mass is 9.94. The fraction of sp³-hybridized carbons (Fsp3) is 0.368. The molecule has 0 bridgehead atoms. The van der Waals surface area contributed by atoms with Crippen molar-refractivity contribution >= 4 is 27.4 Å². The van der Waals surface area contributed by atoms with Crippen LogP contribution in [0.5, 0.6) is 0 Å². The number of aryl methyl sites for hydroxylation is 1. The number of nitrogens with one attached hydrogen (secondary N) is 3. The van der Waals surface area contributed by atoms with Crippen LogP contribution >= 0.6 is 0 Å². The van der Waals surface area contributed by atoms with Crippen molar-refractivity contribution < 1.29 is 18.0 Å². The van der Waals surface area contributed by atoms with Gasteiger partial charge in [-0.25, -0.2) is 13.1 Å². The van der Waals surface area contributed by atoms with Crippen molar-refractivity contribution in [1.82, 2.24) is 9.71 Å². The first kappa shape index (κ1) is 19.3. The first-order valence-corrected chi connectivity index (χ1v) is 10.5. The number of Topliss-reactive ketones (excluding diaryl/α,β-unsaturated/α-hetero) is 1. The van der Waals surface area contributed by atoms with E-state index in [0.29, 0.717) is 41.9 Å². The fourth-order valence-corrected chi connectivity index (χ4v) is 4.37. The van der Waals surface area contributed by atoms with E-state index < -0.39 is 10.0 Å². The maximum absolute atomic E-state index is 12.6. The van der Waals surface area contributed by atoms with Gasteiger partial charge in [-0.15, -0.1) is 0 Å². The van der Waals surface area contributed by atoms with Crippen molar-refractivity contribution in [2.75, 3.05) is 11.9 Å². The average Bonchev–Trinajstić information content (AvgIpc) is 2.98. The van der Waals surface area contributed by atoms with E-state index >= 15 is 0 Å². The standard InChI is InChI=1S/C19H23N3O4S/c1-3-11-20-27(25,26)14-9-7-13(8-10-14)21-19(24)18-12(2)17-15(22-18)5-4-6-16(17)23/h7-10,20,22H,3-6,11H2,1-2H3,(H,21,24). The molecule has 0 radical (unpaired) electrons. The fourth-order valence-electron chi connectivity index (χ4n) is 3.23. The summed E-state index contributed by atoms with van der Waals surface area (Å²) in [6, 6.07) is 5.98. The van der Waals surface area contributed by atoms with Crippen LogP contribution in [0.15, 0.2) is 29.2 Å². The molecule has 8 heteroatoms. The van der Waals surface area contributed by atoms with E-state index in [1.165, 1.54) is 12.1 Å². The molecule has 3 N–H and O–H groups in total. The molecule has 0 saturated heterocycles. The average molecular weight is 389 g/mol. The van der Waals surface area contributed by atoms with E-state index in [2.05, 4.69) is 15.0 Å². The predicted octanol–water partition coefficient (Wildman–Crippen LogP) is 2.78. The van der Waals surface area contributed by atoms with Crippen LogP contribution in [0.1, 0.15) is 58.3 Å². The van der Waals surface area contributed by atoms with Gasteiger partial charge in [0.1, 0.15) is 5.69 Å². The minimum absolute atomic E-state index is 0.0678. The molecule has 2 aromatic rings. The van der Waals surface area contributed by atoms with Gasteiger partial charge in [0.2, 0.25) is 10.0 Å². The zero-order valence-electron chi connectivity index (χ0n) is 15.4. The van der Waals surface area contributed by atoms with Crippen molar-refractivity contribution in [3.63, 3.8) is 0 Å². The summed E-state index contributed by atoms with van der Waals surface area (Å²) in [5, 5.41) is 2.75. The zero-order valence-corrected chi connectivity index (χ0v) is 16.2. The summed E-state index contributed by atoms with van der Waals surface area (Å²) >= 11 is 0. The van der Waals surface area contributed by atoms with Crippen molar-refractivity contribution in [1.29, 1.82) is 0 Å². The second kappa shape index (κ2) is 7.66. The molecule has 27 heavy (non-hydrogen) atoms. The lowest BCUT2D eigenvalue weighted by Gasteiger charge is -2.09. The molecule has 1 heterocycles. The Kier molecular flexibility index (Phi) is 5.48. The van der Waals surface area contributed by atoms with Crippen LogP contribution in [0.4, 0.5) is 5.69 Å². The molecule has 1 aromatic heterocycles. The van der Waals surface area contributed by atoms with Crippen LogP contribution in [0.25, 0.3) is 0 Å². The molecular weight excluding hydrogens is 366 g/mol. The minimum Gasteiger partial charge on any atom is -0.354 e. The molecule has 0 saturated carbocycles. The Morgan fingerprint density at radius 2 is 1.89 bits per heavy atom. The highest BCUT2D eigenvalue weighted by Gasteiger charge is 2.26. The number of aromatic nitrogens is 1. The molecule has 0 spiro atoms. The third-order valence-corrected chi connectivity index (χ3v) is 6.11. The topological polar surface area (TPSA) is 108 Å². The van der Waals surface area contributed by atoms with Gasteiger partial charge in [0, 0.05) is 29.9 Å². The van der Waals surface area contributed by atoms with Gasteiger partial charge in [0.25, 0.3) is 5.91 Å². The highest BCUT2D eigenvalue weighted by atomic mass is 32.2. The summed E-state index contributed by atoms with van der Waals surface area (Å²) in [7, 11) is -3.54. The van der Waals surface area contributed by atoms with E-state index in [-0.39, 0.29) is 16.6 Å². The molecule has 0 unspecified atom stereocenters. The maximum Gasteiger partial charge on any atom is 0.272 e. The molecule has 1 aliphatic carbocycles. The van der Waals surface area contributed by atoms with Crippen molar-refractivity contribution in [3.8, 4) is 0 Å². The highest BCUT2D eigenvalue weighted by Crippen LogP contribution is 2.27. The predicted molar refractivity (Wildman–Crippen MR) is 103 cm³/mol. The number of ketones is 1. The molecule has 3 rings (SSSR count). The van der Waals surface area contributed by atoms with Crippen LogP contribution in [0.2, 0.25) is 0 Å². The summed E-state index contributed by atoms with van der Waals surface area (Å²) in [5.74, 6) is -0.285. The molecule has 0 atom stereocenters. The number of rotatable bonds is 6. The third kappa shape index (κ3) is 3.96. The molecule has 1 aromatic carbocycles. The van der Waals surface area contributed by atoms with Gasteiger partial charge in [-0.05, 0) is 56.0 Å². The van der Waals surface area contributed by atoms with Crippen LogP contribution in [-0.4, -0.2) is 31.6 Å². The van der Waals surface area contributed by atoms with Crippen LogP contribution in [0, 0.1) is 6.92 Å². The highest BCUT2D eigenvalue weighted by molar-refractivity contribution is 7.89. The summed E-state index contributed by atoms with van der Waals surface area (Å²) in [6.45, 7) is 4.02. The van der Waals surface area contributed by atoms with Crippen molar-refractivity contribution in [3.05, 3.63) is 46.8 Å². The smallest absolute Gasteiger partial charge is 0.272 e. The largest absolute Gasteiger partial charge is 0.354 e. The number of aromatic amines is 1. The Labute approximate surface area is 158 Å². The number of hydrogen-bond donors (Lipinski definition) is 3. The van der Waals surface area contributed by atoms with Crippen molar-refractivity contribution in [2.24, 2.45) is 0 Å². The number of anilines is 1. The number of carbonyl (C=O) groups is 2. The Hall–Kier alpha value is -2.45. The van der Waals surface area contributed by atoms with E-state index in [4.69, 9.17) is 0 Å². The Bertz CT molecular complexity index is 975. The number of sulfonamides is 1. The minimum atomic E-state index is -3.54. The normalized spacial score (nSPS) is 14.1. The molecule has 7 nitrogen and oxygen atoms in total. The van der Waals surface area contributed by atoms with Gasteiger partial charge in [-0.2, -0.15) is 0 Å². The molecule has 1 aliphatic rings. The van der Waals surface area contributed by atoms with Gasteiger partial charge < -0.3 is 10.3 Å². The molecule has 144 valence electrons. The zero-order chi connectivity index (χ0) is 19.6. The van der Waals surface area contributed by atoms with Crippen molar-refractivity contribution in [2.45, 2.75) is 44.4 Å². The first-order chi connectivity index (χ1) is 12.8. The molecule has 1 amide bonds. The van der Waals surface area contributed by atoms with Gasteiger partial charge >= 0.3 is 0 Å². The maximum atomic E-state index is 12.6. The summed E-state index contributed by atoms with van der Waals surface area (Å²) in [5.41, 5.74) is 2.96. The number of fused-ring (bicyclic) bond motifs is 1. The summed E-state index contributed by atoms with van der Waals surface area (Å²) in [6.07, 6.45) is 2.76. The number of benzene rings is 1. The number of amides is 1. The van der Waals surface area contributed by atoms with E-state index in [0.717, 1.165) is 18.5 Å². The Morgan fingerprint density at radius 3 is 2.52 bits per heavy atom. The Morgan fingerprint density at radius 1 is 1.19 bits per heavy atom. The third-order valence-electron chi connectivity index (χ3n) is 4.63. The van der Waals surface area contributed by atoms with Gasteiger partial charge in [-0.1, -0.05) is 6.92 Å². The summed E-state index contributed by atoms with van der Waals surface area (Å²) < 4.78 is 26.7. The number of hydrogen-bond acceptors (Lipinski definition) is 4. The van der Waals surface area contributed by atoms with Crippen LogP contribution in [-0.2, 0) is 16.4 Å². The van der Waals surface area contributed by atoms with E-state index in [1.807, 2.05) is 6.92 Å². The molecule has 0 fully saturated rings. The monoisotopic (exact) mass is 389 g/mol. The number of H-pyrrole nitrogens is 1. The van der Waals surface area contributed by atoms with Gasteiger partial charge in [-0.3, -0.25) is 9.59 Å². The second-order valence-corrected chi connectivity index (χ2v) is 8.40. The van der Waals surface area contributed by atoms with Crippen LogP contribution < -0.4 is 10.0 Å². The van der Waals surface area contributed by atoms with Crippen LogP contribution in [0.3, 0.4) is 0 Å². The van der Waals surface area contributed by atoms with Gasteiger partial charge in [0.05, 0.1) is 4.90 Å². The lowest BCUT2D eigenvalue weighted by Crippen LogP contribution is -2.24. The first-order valence-electron chi connectivity index (χ1n) is 8.99. The second-order valence-electron chi connectivity index (χ2n) is 6.63. The molecule has 0 aliphatic heterocycles. The quantitative estimate of drug-likeness (QED) is 0.706. The van der Waals surface area contributed by atoms with Gasteiger partial charge in [0.15, 0.2) is 5.78 Å². The number of carbonyl (C=O) groups excluding carboxylic acids is 2. The summed E-state index contributed by atoms with van der Waals surface area (Å²) in [4.78, 5) is 27.9. The lowest BCUT2D eigenvalue weighted by molar-refractivity contribution is 0.0971. The molecular formula is C19H23N3O4S. The van der Waals surface area contributed by atoms with E-state index in [1.54, 1.807) is 19.1 Å². The van der Waals surface area contributed by atoms with E-state index in [9.17, 15) is 18.0 Å². The Balaban J connectivity index is 1.76.